The molecule has 0 bridgehead atoms. The zero-order chi connectivity index (χ0) is 12.5. The van der Waals surface area contributed by atoms with Crippen molar-refractivity contribution in [2.45, 2.75) is 51.5 Å². The summed E-state index contributed by atoms with van der Waals surface area (Å²) in [5.41, 5.74) is 0. The summed E-state index contributed by atoms with van der Waals surface area (Å²) in [4.78, 5) is 13.4. The van der Waals surface area contributed by atoms with E-state index >= 15 is 0 Å². The summed E-state index contributed by atoms with van der Waals surface area (Å²) in [6.45, 7) is 6.37. The first-order chi connectivity index (χ1) is 8.24. The SMILES string of the molecule is CCCC(NCCCN1CCCCC1)C(=O)O. The summed E-state index contributed by atoms with van der Waals surface area (Å²) in [5.74, 6) is -0.718. The quantitative estimate of drug-likeness (QED) is 0.636. The van der Waals surface area contributed by atoms with Crippen molar-refractivity contribution in [3.63, 3.8) is 0 Å². The molecule has 1 unspecified atom stereocenters. The van der Waals surface area contributed by atoms with Gasteiger partial charge in [-0.3, -0.25) is 4.79 Å². The Balaban J connectivity index is 2.06. The van der Waals surface area contributed by atoms with Crippen LogP contribution in [0.5, 0.6) is 0 Å². The molecule has 1 aliphatic heterocycles. The van der Waals surface area contributed by atoms with Crippen molar-refractivity contribution in [2.75, 3.05) is 26.2 Å². The van der Waals surface area contributed by atoms with Gasteiger partial charge in [-0.05, 0) is 51.9 Å². The fraction of sp³-hybridized carbons (Fsp3) is 0.923. The number of carbonyl (C=O) groups is 1. The maximum absolute atomic E-state index is 10.9. The van der Waals surface area contributed by atoms with E-state index in [-0.39, 0.29) is 6.04 Å². The number of piperidine rings is 1. The second-order valence-corrected chi connectivity index (χ2v) is 4.89. The van der Waals surface area contributed by atoms with E-state index in [0.717, 1.165) is 32.4 Å². The standard InChI is InChI=1S/C13H26N2O2/c1-2-7-12(13(16)17)14-8-6-11-15-9-4-3-5-10-15/h12,14H,2-11H2,1H3,(H,16,17). The molecule has 4 nitrogen and oxygen atoms in total. The Labute approximate surface area is 104 Å². The molecule has 0 aromatic rings. The monoisotopic (exact) mass is 242 g/mol. The lowest BCUT2D eigenvalue weighted by atomic mass is 10.1. The second kappa shape index (κ2) is 8.48. The van der Waals surface area contributed by atoms with Gasteiger partial charge in [-0.2, -0.15) is 0 Å². The molecule has 17 heavy (non-hydrogen) atoms. The van der Waals surface area contributed by atoms with E-state index in [4.69, 9.17) is 5.11 Å². The van der Waals surface area contributed by atoms with Crippen LogP contribution in [0.1, 0.15) is 45.4 Å². The average Bonchev–Trinajstić information content (AvgIpc) is 2.34. The first-order valence-electron chi connectivity index (χ1n) is 6.92. The Morgan fingerprint density at radius 2 is 2.06 bits per heavy atom. The average molecular weight is 242 g/mol. The van der Waals surface area contributed by atoms with Crippen LogP contribution in [0.25, 0.3) is 0 Å². The highest BCUT2D eigenvalue weighted by atomic mass is 16.4. The van der Waals surface area contributed by atoms with Crippen LogP contribution in [-0.2, 0) is 4.79 Å². The van der Waals surface area contributed by atoms with Crippen molar-refractivity contribution in [2.24, 2.45) is 0 Å². The molecule has 0 aromatic carbocycles. The molecule has 0 amide bonds. The fourth-order valence-corrected chi connectivity index (χ4v) is 2.36. The van der Waals surface area contributed by atoms with Crippen LogP contribution in [-0.4, -0.2) is 48.2 Å². The predicted octanol–water partition coefficient (Wildman–Crippen LogP) is 1.71. The van der Waals surface area contributed by atoms with Crippen molar-refractivity contribution in [1.82, 2.24) is 10.2 Å². The van der Waals surface area contributed by atoms with Gasteiger partial charge in [0.25, 0.3) is 0 Å². The number of hydrogen-bond donors (Lipinski definition) is 2. The summed E-state index contributed by atoms with van der Waals surface area (Å²) in [7, 11) is 0. The van der Waals surface area contributed by atoms with Crippen molar-refractivity contribution < 1.29 is 9.90 Å². The third-order valence-corrected chi connectivity index (χ3v) is 3.37. The summed E-state index contributed by atoms with van der Waals surface area (Å²) in [6, 6.07) is -0.360. The number of rotatable bonds is 8. The number of likely N-dealkylation sites (tertiary alicyclic amines) is 1. The fourth-order valence-electron chi connectivity index (χ4n) is 2.36. The number of carboxylic acid groups (broad SMARTS) is 1. The van der Waals surface area contributed by atoms with Gasteiger partial charge in [-0.1, -0.05) is 19.8 Å². The minimum Gasteiger partial charge on any atom is -0.480 e. The van der Waals surface area contributed by atoms with E-state index in [1.165, 1.54) is 32.4 Å². The molecule has 0 spiro atoms. The molecule has 0 saturated carbocycles. The lowest BCUT2D eigenvalue weighted by molar-refractivity contribution is -0.139. The highest BCUT2D eigenvalue weighted by molar-refractivity contribution is 5.73. The molecule has 100 valence electrons. The molecular weight excluding hydrogens is 216 g/mol. The number of aliphatic carboxylic acids is 1. The maximum atomic E-state index is 10.9. The van der Waals surface area contributed by atoms with Gasteiger partial charge in [0.1, 0.15) is 6.04 Å². The predicted molar refractivity (Wildman–Crippen MR) is 69.2 cm³/mol. The van der Waals surface area contributed by atoms with Gasteiger partial charge < -0.3 is 15.3 Å². The van der Waals surface area contributed by atoms with Crippen LogP contribution in [0.2, 0.25) is 0 Å². The van der Waals surface area contributed by atoms with Gasteiger partial charge in [0.15, 0.2) is 0 Å². The van der Waals surface area contributed by atoms with Gasteiger partial charge in [-0.15, -0.1) is 0 Å². The maximum Gasteiger partial charge on any atom is 0.320 e. The van der Waals surface area contributed by atoms with Crippen LogP contribution >= 0.6 is 0 Å². The van der Waals surface area contributed by atoms with E-state index in [0.29, 0.717) is 0 Å². The van der Waals surface area contributed by atoms with E-state index in [1.807, 2.05) is 6.92 Å². The normalized spacial score (nSPS) is 19.1. The van der Waals surface area contributed by atoms with Crippen LogP contribution < -0.4 is 5.32 Å². The molecule has 0 aliphatic carbocycles. The summed E-state index contributed by atoms with van der Waals surface area (Å²) >= 11 is 0. The largest absolute Gasteiger partial charge is 0.480 e. The van der Waals surface area contributed by atoms with E-state index in [9.17, 15) is 4.79 Å². The van der Waals surface area contributed by atoms with E-state index in [1.54, 1.807) is 0 Å². The van der Waals surface area contributed by atoms with Crippen LogP contribution in [0.4, 0.5) is 0 Å². The number of carboxylic acids is 1. The first-order valence-corrected chi connectivity index (χ1v) is 6.92. The lowest BCUT2D eigenvalue weighted by Crippen LogP contribution is -2.38. The van der Waals surface area contributed by atoms with Crippen molar-refractivity contribution in [3.05, 3.63) is 0 Å². The van der Waals surface area contributed by atoms with Crippen molar-refractivity contribution in [3.8, 4) is 0 Å². The Bertz CT molecular complexity index is 215. The summed E-state index contributed by atoms with van der Waals surface area (Å²) in [6.07, 6.45) is 6.69. The van der Waals surface area contributed by atoms with Gasteiger partial charge in [0.05, 0.1) is 0 Å². The molecule has 2 N–H and O–H groups in total. The second-order valence-electron chi connectivity index (χ2n) is 4.89. The van der Waals surface area contributed by atoms with Gasteiger partial charge in [0.2, 0.25) is 0 Å². The number of nitrogens with zero attached hydrogens (tertiary/aromatic N) is 1. The molecular formula is C13H26N2O2. The molecule has 1 saturated heterocycles. The Kier molecular flexibility index (Phi) is 7.21. The first kappa shape index (κ1) is 14.5. The zero-order valence-electron chi connectivity index (χ0n) is 11.0. The zero-order valence-corrected chi connectivity index (χ0v) is 11.0. The van der Waals surface area contributed by atoms with Crippen LogP contribution in [0.3, 0.4) is 0 Å². The smallest absolute Gasteiger partial charge is 0.320 e. The van der Waals surface area contributed by atoms with Gasteiger partial charge in [0, 0.05) is 0 Å². The molecule has 1 atom stereocenters. The Morgan fingerprint density at radius 1 is 1.35 bits per heavy atom. The van der Waals surface area contributed by atoms with E-state index < -0.39 is 5.97 Å². The van der Waals surface area contributed by atoms with E-state index in [2.05, 4.69) is 10.2 Å². The van der Waals surface area contributed by atoms with Gasteiger partial charge in [-0.25, -0.2) is 0 Å². The van der Waals surface area contributed by atoms with Crippen LogP contribution in [0, 0.1) is 0 Å². The summed E-state index contributed by atoms with van der Waals surface area (Å²) in [5, 5.41) is 12.1. The molecule has 4 heteroatoms. The number of nitrogens with one attached hydrogen (secondary N) is 1. The third-order valence-electron chi connectivity index (χ3n) is 3.37. The lowest BCUT2D eigenvalue weighted by Gasteiger charge is -2.26. The molecule has 0 radical (unpaired) electrons. The summed E-state index contributed by atoms with van der Waals surface area (Å²) < 4.78 is 0. The number of hydrogen-bond acceptors (Lipinski definition) is 3. The molecule has 1 rings (SSSR count). The topological polar surface area (TPSA) is 52.6 Å². The van der Waals surface area contributed by atoms with Gasteiger partial charge >= 0.3 is 5.97 Å². The molecule has 1 aliphatic rings. The minimum atomic E-state index is -0.718. The Hall–Kier alpha value is -0.610. The third kappa shape index (κ3) is 6.03. The molecule has 1 heterocycles. The highest BCUT2D eigenvalue weighted by Crippen LogP contribution is 2.08. The highest BCUT2D eigenvalue weighted by Gasteiger charge is 2.15. The Morgan fingerprint density at radius 3 is 2.65 bits per heavy atom. The minimum absolute atomic E-state index is 0.360. The van der Waals surface area contributed by atoms with Crippen molar-refractivity contribution >= 4 is 5.97 Å². The molecule has 1 fully saturated rings. The van der Waals surface area contributed by atoms with Crippen molar-refractivity contribution in [1.29, 1.82) is 0 Å². The molecule has 0 aromatic heterocycles. The van der Waals surface area contributed by atoms with Crippen LogP contribution in [0.15, 0.2) is 0 Å².